The van der Waals surface area contributed by atoms with Crippen molar-refractivity contribution in [3.05, 3.63) is 82.0 Å². The molecule has 0 aliphatic rings. The van der Waals surface area contributed by atoms with Crippen LogP contribution in [-0.4, -0.2) is 17.3 Å². The Morgan fingerprint density at radius 3 is 2.32 bits per heavy atom. The molecular weight excluding hydrogens is 423 g/mol. The van der Waals surface area contributed by atoms with Crippen LogP contribution in [0.5, 0.6) is 5.75 Å². The molecule has 31 heavy (non-hydrogen) atoms. The van der Waals surface area contributed by atoms with Gasteiger partial charge in [0.15, 0.2) is 5.43 Å². The number of rotatable bonds is 3. The van der Waals surface area contributed by atoms with Crippen LogP contribution >= 0.6 is 0 Å². The van der Waals surface area contributed by atoms with E-state index in [-0.39, 0.29) is 33.1 Å². The van der Waals surface area contributed by atoms with E-state index in [0.29, 0.717) is 0 Å². The van der Waals surface area contributed by atoms with Gasteiger partial charge in [0.25, 0.3) is 5.91 Å². The summed E-state index contributed by atoms with van der Waals surface area (Å²) in [5, 5.41) is 2.23. The standard InChI is InChI=1S/C21H11F5N2O3/c22-10-8-14-17(28-18-13(19(14)29)2-1-3-16(18)23)15(9-10)20(30)27-11-4-6-12(7-5-11)31-21(24,25)26/h1-9H,(H,27,30)(H,28,29). The SMILES string of the molecule is O=C(Nc1ccc(OC(F)(F)F)cc1)c1cc(F)cc2c(=O)c3cccc(F)c3[nH]c12. The van der Waals surface area contributed by atoms with Crippen LogP contribution < -0.4 is 15.5 Å². The maximum Gasteiger partial charge on any atom is 0.573 e. The molecule has 0 fully saturated rings. The molecule has 0 aliphatic carbocycles. The molecule has 0 saturated carbocycles. The zero-order valence-electron chi connectivity index (χ0n) is 15.3. The number of anilines is 1. The van der Waals surface area contributed by atoms with Crippen molar-refractivity contribution in [2.75, 3.05) is 5.32 Å². The van der Waals surface area contributed by atoms with E-state index in [9.17, 15) is 31.5 Å². The molecule has 3 aromatic carbocycles. The molecule has 1 aromatic heterocycles. The average molecular weight is 434 g/mol. The molecule has 0 spiro atoms. The first-order valence-corrected chi connectivity index (χ1v) is 8.73. The molecule has 1 amide bonds. The molecule has 158 valence electrons. The third-order valence-electron chi connectivity index (χ3n) is 4.45. The lowest BCUT2D eigenvalue weighted by molar-refractivity contribution is -0.274. The smallest absolute Gasteiger partial charge is 0.406 e. The van der Waals surface area contributed by atoms with Crippen molar-refractivity contribution in [2.45, 2.75) is 6.36 Å². The molecule has 0 atom stereocenters. The Balaban J connectivity index is 1.75. The molecule has 0 bridgehead atoms. The van der Waals surface area contributed by atoms with E-state index in [1.165, 1.54) is 12.1 Å². The number of carbonyl (C=O) groups is 1. The predicted molar refractivity (Wildman–Crippen MR) is 103 cm³/mol. The van der Waals surface area contributed by atoms with Gasteiger partial charge in [-0.3, -0.25) is 9.59 Å². The van der Waals surface area contributed by atoms with Crippen LogP contribution in [0.25, 0.3) is 21.8 Å². The Hall–Kier alpha value is -3.95. The van der Waals surface area contributed by atoms with Gasteiger partial charge in [0.05, 0.1) is 16.6 Å². The van der Waals surface area contributed by atoms with Crippen LogP contribution in [-0.2, 0) is 0 Å². The number of hydrogen-bond donors (Lipinski definition) is 2. The van der Waals surface area contributed by atoms with Crippen LogP contribution in [0, 0.1) is 11.6 Å². The summed E-state index contributed by atoms with van der Waals surface area (Å²) >= 11 is 0. The third-order valence-corrected chi connectivity index (χ3v) is 4.45. The minimum atomic E-state index is -4.87. The van der Waals surface area contributed by atoms with Gasteiger partial charge in [0.1, 0.15) is 17.4 Å². The fourth-order valence-corrected chi connectivity index (χ4v) is 3.15. The van der Waals surface area contributed by atoms with Gasteiger partial charge in [-0.25, -0.2) is 8.78 Å². The summed E-state index contributed by atoms with van der Waals surface area (Å²) in [6.45, 7) is 0. The predicted octanol–water partition coefficient (Wildman–Crippen LogP) is 5.11. The van der Waals surface area contributed by atoms with Gasteiger partial charge in [-0.2, -0.15) is 0 Å². The highest BCUT2D eigenvalue weighted by Crippen LogP contribution is 2.25. The number of alkyl halides is 3. The van der Waals surface area contributed by atoms with Crippen LogP contribution in [0.4, 0.5) is 27.6 Å². The minimum Gasteiger partial charge on any atom is -0.406 e. The number of hydrogen-bond acceptors (Lipinski definition) is 3. The second-order valence-electron chi connectivity index (χ2n) is 6.52. The number of benzene rings is 3. The van der Waals surface area contributed by atoms with E-state index >= 15 is 0 Å². The van der Waals surface area contributed by atoms with Crippen LogP contribution in [0.2, 0.25) is 0 Å². The monoisotopic (exact) mass is 434 g/mol. The lowest BCUT2D eigenvalue weighted by Gasteiger charge is -2.11. The normalized spacial score (nSPS) is 11.6. The summed E-state index contributed by atoms with van der Waals surface area (Å²) in [4.78, 5) is 28.1. The van der Waals surface area contributed by atoms with Gasteiger partial charge in [0, 0.05) is 16.5 Å². The molecule has 5 nitrogen and oxygen atoms in total. The van der Waals surface area contributed by atoms with Gasteiger partial charge >= 0.3 is 6.36 Å². The first-order chi connectivity index (χ1) is 14.6. The summed E-state index contributed by atoms with van der Waals surface area (Å²) in [5.41, 5.74) is -1.09. The Morgan fingerprint density at radius 2 is 1.65 bits per heavy atom. The highest BCUT2D eigenvalue weighted by Gasteiger charge is 2.31. The second-order valence-corrected chi connectivity index (χ2v) is 6.52. The zero-order chi connectivity index (χ0) is 22.3. The molecule has 0 aliphatic heterocycles. The molecule has 2 N–H and O–H groups in total. The number of para-hydroxylation sites is 1. The molecule has 10 heteroatoms. The Bertz CT molecular complexity index is 1380. The number of halogens is 5. The van der Waals surface area contributed by atoms with Crippen LogP contribution in [0.1, 0.15) is 10.4 Å². The highest BCUT2D eigenvalue weighted by atomic mass is 19.4. The van der Waals surface area contributed by atoms with E-state index in [2.05, 4.69) is 15.0 Å². The molecular formula is C21H11F5N2O3. The maximum atomic E-state index is 14.2. The average Bonchev–Trinajstić information content (AvgIpc) is 2.69. The Labute approximate surface area is 170 Å². The fraction of sp³-hybridized carbons (Fsp3) is 0.0476. The van der Waals surface area contributed by atoms with Gasteiger partial charge in [-0.05, 0) is 48.5 Å². The zero-order valence-corrected chi connectivity index (χ0v) is 15.3. The quantitative estimate of drug-likeness (QED) is 0.348. The van der Waals surface area contributed by atoms with Gasteiger partial charge in [-0.15, -0.1) is 13.2 Å². The molecule has 1 heterocycles. The molecule has 0 saturated heterocycles. The Kier molecular flexibility index (Phi) is 4.84. The lowest BCUT2D eigenvalue weighted by Crippen LogP contribution is -2.17. The summed E-state index contributed by atoms with van der Waals surface area (Å²) < 4.78 is 68.8. The summed E-state index contributed by atoms with van der Waals surface area (Å²) in [5.74, 6) is -2.95. The van der Waals surface area contributed by atoms with Gasteiger partial charge < -0.3 is 15.0 Å². The maximum absolute atomic E-state index is 14.2. The highest BCUT2D eigenvalue weighted by molar-refractivity contribution is 6.13. The number of carbonyl (C=O) groups excluding carboxylic acids is 1. The van der Waals surface area contributed by atoms with Crippen LogP contribution in [0.3, 0.4) is 0 Å². The first kappa shape index (κ1) is 20.3. The molecule has 4 aromatic rings. The summed E-state index contributed by atoms with van der Waals surface area (Å²) in [7, 11) is 0. The van der Waals surface area contributed by atoms with E-state index < -0.39 is 35.1 Å². The number of amides is 1. The van der Waals surface area contributed by atoms with Crippen molar-refractivity contribution in [1.82, 2.24) is 4.98 Å². The summed E-state index contributed by atoms with van der Waals surface area (Å²) in [6, 6.07) is 9.88. The van der Waals surface area contributed by atoms with E-state index in [4.69, 9.17) is 0 Å². The second kappa shape index (κ2) is 7.38. The van der Waals surface area contributed by atoms with Crippen LogP contribution in [0.15, 0.2) is 59.4 Å². The molecule has 0 radical (unpaired) electrons. The van der Waals surface area contributed by atoms with Crippen molar-refractivity contribution < 1.29 is 31.5 Å². The Morgan fingerprint density at radius 1 is 0.935 bits per heavy atom. The van der Waals surface area contributed by atoms with Gasteiger partial charge in [0.2, 0.25) is 0 Å². The van der Waals surface area contributed by atoms with Crippen molar-refractivity contribution in [3.8, 4) is 5.75 Å². The third kappa shape index (κ3) is 4.04. The van der Waals surface area contributed by atoms with Gasteiger partial charge in [-0.1, -0.05) is 6.07 Å². The van der Waals surface area contributed by atoms with E-state index in [0.717, 1.165) is 42.5 Å². The van der Waals surface area contributed by atoms with Crippen molar-refractivity contribution in [3.63, 3.8) is 0 Å². The number of pyridine rings is 1. The van der Waals surface area contributed by atoms with E-state index in [1.54, 1.807) is 0 Å². The first-order valence-electron chi connectivity index (χ1n) is 8.73. The number of aromatic amines is 1. The number of nitrogens with one attached hydrogen (secondary N) is 2. The number of aromatic nitrogens is 1. The summed E-state index contributed by atoms with van der Waals surface area (Å²) in [6.07, 6.45) is -4.87. The largest absolute Gasteiger partial charge is 0.573 e. The van der Waals surface area contributed by atoms with Crippen molar-refractivity contribution in [2.24, 2.45) is 0 Å². The van der Waals surface area contributed by atoms with Crippen molar-refractivity contribution in [1.29, 1.82) is 0 Å². The topological polar surface area (TPSA) is 71.2 Å². The number of H-pyrrole nitrogens is 1. The number of ether oxygens (including phenoxy) is 1. The molecule has 0 unspecified atom stereocenters. The minimum absolute atomic E-state index is 0.00953. The molecule has 4 rings (SSSR count). The lowest BCUT2D eigenvalue weighted by atomic mass is 10.0. The number of fused-ring (bicyclic) bond motifs is 2. The fourth-order valence-electron chi connectivity index (χ4n) is 3.15. The van der Waals surface area contributed by atoms with Crippen molar-refractivity contribution >= 4 is 33.4 Å². The van der Waals surface area contributed by atoms with E-state index in [1.807, 2.05) is 0 Å².